The van der Waals surface area contributed by atoms with Crippen LogP contribution in [0.5, 0.6) is 0 Å². The predicted molar refractivity (Wildman–Crippen MR) is 156 cm³/mol. The number of aldehydes is 1. The van der Waals surface area contributed by atoms with Crippen LogP contribution >= 0.6 is 7.60 Å². The molecule has 1 heterocycles. The number of para-hydroxylation sites is 1. The largest absolute Gasteiger partial charge is 0.468 e. The highest BCUT2D eigenvalue weighted by atomic mass is 31.2. The summed E-state index contributed by atoms with van der Waals surface area (Å²) in [5.74, 6) is -1.48. The smallest absolute Gasteiger partial charge is 0.407 e. The first-order chi connectivity index (χ1) is 19.6. The SMILES string of the molecule is CCOP(=O)(OCC)C(C(=O)OC)c1[nH]c2ccccc2c1C[C@H](NC(=O)OC(C)(C)C)[C@@](C)(C=O)C(C)OC(C)=O. The summed E-state index contributed by atoms with van der Waals surface area (Å²) in [6, 6.07) is 6.06. The lowest BCUT2D eigenvalue weighted by molar-refractivity contribution is -0.154. The quantitative estimate of drug-likeness (QED) is 0.125. The summed E-state index contributed by atoms with van der Waals surface area (Å²) in [5.41, 5.74) is -2.62. The number of alkyl carbamates (subject to hydrolysis) is 1. The van der Waals surface area contributed by atoms with Crippen molar-refractivity contribution in [2.45, 2.75) is 85.2 Å². The number of carbonyl (C=O) groups is 4. The molecule has 0 aliphatic heterocycles. The number of fused-ring (bicyclic) bond motifs is 1. The van der Waals surface area contributed by atoms with Gasteiger partial charge in [-0.2, -0.15) is 0 Å². The number of benzene rings is 1. The van der Waals surface area contributed by atoms with E-state index in [-0.39, 0.29) is 25.3 Å². The molecule has 1 aromatic carbocycles. The van der Waals surface area contributed by atoms with Gasteiger partial charge in [0.15, 0.2) is 5.66 Å². The Bertz CT molecular complexity index is 1310. The molecule has 0 aliphatic carbocycles. The van der Waals surface area contributed by atoms with Gasteiger partial charge in [-0.15, -0.1) is 0 Å². The number of amides is 1. The van der Waals surface area contributed by atoms with E-state index in [1.54, 1.807) is 72.7 Å². The monoisotopic (exact) mass is 610 g/mol. The Morgan fingerprint density at radius 3 is 2.17 bits per heavy atom. The molecule has 1 aromatic heterocycles. The lowest BCUT2D eigenvalue weighted by atomic mass is 9.76. The van der Waals surface area contributed by atoms with Gasteiger partial charge in [0.05, 0.1) is 31.8 Å². The van der Waals surface area contributed by atoms with E-state index < -0.39 is 54.4 Å². The molecule has 2 rings (SSSR count). The highest BCUT2D eigenvalue weighted by Gasteiger charge is 2.48. The van der Waals surface area contributed by atoms with Gasteiger partial charge in [0, 0.05) is 23.5 Å². The van der Waals surface area contributed by atoms with Gasteiger partial charge in [0.2, 0.25) is 0 Å². The van der Waals surface area contributed by atoms with E-state index in [0.717, 1.165) is 7.11 Å². The Kier molecular flexibility index (Phi) is 11.9. The second-order valence-corrected chi connectivity index (χ2v) is 13.1. The summed E-state index contributed by atoms with van der Waals surface area (Å²) < 4.78 is 41.1. The van der Waals surface area contributed by atoms with Crippen molar-refractivity contribution in [3.8, 4) is 0 Å². The Hall–Kier alpha value is -3.21. The van der Waals surface area contributed by atoms with Crippen molar-refractivity contribution in [1.82, 2.24) is 10.3 Å². The number of aromatic amines is 1. The molecule has 234 valence electrons. The fourth-order valence-electron chi connectivity index (χ4n) is 4.65. The van der Waals surface area contributed by atoms with Gasteiger partial charge in [-0.05, 0) is 66.5 Å². The fraction of sp³-hybridized carbons (Fsp3) is 0.586. The second-order valence-electron chi connectivity index (χ2n) is 11.0. The number of H-pyrrole nitrogens is 1. The number of hydrogen-bond acceptors (Lipinski definition) is 10. The summed E-state index contributed by atoms with van der Waals surface area (Å²) in [5, 5.41) is 3.41. The zero-order valence-electron chi connectivity index (χ0n) is 25.8. The van der Waals surface area contributed by atoms with Crippen LogP contribution in [0.2, 0.25) is 0 Å². The van der Waals surface area contributed by atoms with E-state index in [2.05, 4.69) is 10.3 Å². The lowest BCUT2D eigenvalue weighted by Gasteiger charge is -2.38. The zero-order chi connectivity index (χ0) is 31.9. The summed E-state index contributed by atoms with van der Waals surface area (Å²) in [7, 11) is -2.98. The average molecular weight is 611 g/mol. The number of hydrogen-bond donors (Lipinski definition) is 2. The number of nitrogens with one attached hydrogen (secondary N) is 2. The van der Waals surface area contributed by atoms with Crippen LogP contribution in [-0.4, -0.2) is 67.4 Å². The molecule has 1 amide bonds. The lowest BCUT2D eigenvalue weighted by Crippen LogP contribution is -2.55. The molecule has 2 aromatic rings. The van der Waals surface area contributed by atoms with Gasteiger partial charge < -0.3 is 38.4 Å². The number of carbonyl (C=O) groups excluding carboxylic acids is 4. The first kappa shape index (κ1) is 35.0. The molecule has 4 atom stereocenters. The van der Waals surface area contributed by atoms with E-state index in [1.165, 1.54) is 6.92 Å². The standard InChI is InChI=1S/C29H43N2O10P/c1-10-38-42(36,39-11-2)25(26(34)37-9)24-21(20-14-12-13-15-22(20)30-24)16-23(31-27(35)41-28(5,6)7)29(8,17-32)18(3)40-19(4)33/h12-15,17-18,23,25,30H,10-11,16H2,1-9H3,(H,31,35)/t18?,23-,25?,29-/m0/s1. The van der Waals surface area contributed by atoms with E-state index in [1.807, 2.05) is 0 Å². The number of aromatic nitrogens is 1. The van der Waals surface area contributed by atoms with Gasteiger partial charge in [-0.3, -0.25) is 14.2 Å². The third-order valence-corrected chi connectivity index (χ3v) is 9.14. The van der Waals surface area contributed by atoms with Crippen LogP contribution in [0.4, 0.5) is 4.79 Å². The average Bonchev–Trinajstić information content (AvgIpc) is 3.23. The van der Waals surface area contributed by atoms with Crippen LogP contribution in [0.3, 0.4) is 0 Å². The maximum atomic E-state index is 14.1. The van der Waals surface area contributed by atoms with Crippen molar-refractivity contribution in [1.29, 1.82) is 0 Å². The van der Waals surface area contributed by atoms with E-state index in [0.29, 0.717) is 22.8 Å². The van der Waals surface area contributed by atoms with Crippen molar-refractivity contribution in [3.05, 3.63) is 35.5 Å². The summed E-state index contributed by atoms with van der Waals surface area (Å²) in [6.07, 6.45) is -1.25. The molecule has 0 saturated heterocycles. The molecule has 13 heteroatoms. The molecule has 0 fully saturated rings. The maximum Gasteiger partial charge on any atom is 0.407 e. The Balaban J connectivity index is 2.85. The predicted octanol–water partition coefficient (Wildman–Crippen LogP) is 5.24. The van der Waals surface area contributed by atoms with Crippen molar-refractivity contribution in [3.63, 3.8) is 0 Å². The van der Waals surface area contributed by atoms with Gasteiger partial charge >= 0.3 is 25.6 Å². The Labute approximate surface area is 246 Å². The molecule has 12 nitrogen and oxygen atoms in total. The van der Waals surface area contributed by atoms with Crippen LogP contribution in [0.15, 0.2) is 24.3 Å². The highest BCUT2D eigenvalue weighted by molar-refractivity contribution is 7.55. The van der Waals surface area contributed by atoms with Crippen molar-refractivity contribution < 1.29 is 47.0 Å². The van der Waals surface area contributed by atoms with Gasteiger partial charge in [-0.25, -0.2) is 4.79 Å². The van der Waals surface area contributed by atoms with Gasteiger partial charge in [0.1, 0.15) is 18.0 Å². The number of rotatable bonds is 14. The minimum atomic E-state index is -4.15. The minimum Gasteiger partial charge on any atom is -0.468 e. The normalized spacial score (nSPS) is 15.6. The minimum absolute atomic E-state index is 0.00767. The molecule has 42 heavy (non-hydrogen) atoms. The molecular formula is C29H43N2O10P. The topological polar surface area (TPSA) is 159 Å². The molecular weight excluding hydrogens is 567 g/mol. The molecule has 0 aliphatic rings. The van der Waals surface area contributed by atoms with Crippen LogP contribution in [0.25, 0.3) is 10.9 Å². The first-order valence-electron chi connectivity index (χ1n) is 13.8. The molecule has 2 unspecified atom stereocenters. The summed E-state index contributed by atoms with van der Waals surface area (Å²) in [6.45, 7) is 12.6. The molecule has 0 radical (unpaired) electrons. The second kappa shape index (κ2) is 14.3. The van der Waals surface area contributed by atoms with E-state index in [9.17, 15) is 23.7 Å². The fourth-order valence-corrected chi connectivity index (χ4v) is 6.65. The Morgan fingerprint density at radius 2 is 1.67 bits per heavy atom. The first-order valence-corrected chi connectivity index (χ1v) is 15.4. The van der Waals surface area contributed by atoms with Crippen LogP contribution < -0.4 is 5.32 Å². The number of esters is 2. The molecule has 0 spiro atoms. The molecule has 0 saturated carbocycles. The number of methoxy groups -OCH3 is 1. The van der Waals surface area contributed by atoms with E-state index in [4.69, 9.17) is 23.3 Å². The van der Waals surface area contributed by atoms with Gasteiger partial charge in [0.25, 0.3) is 0 Å². The summed E-state index contributed by atoms with van der Waals surface area (Å²) in [4.78, 5) is 54.1. The van der Waals surface area contributed by atoms with Crippen LogP contribution in [0, 0.1) is 5.41 Å². The third-order valence-electron chi connectivity index (χ3n) is 6.80. The van der Waals surface area contributed by atoms with Crippen molar-refractivity contribution in [2.75, 3.05) is 20.3 Å². The van der Waals surface area contributed by atoms with Crippen molar-refractivity contribution in [2.24, 2.45) is 5.41 Å². The van der Waals surface area contributed by atoms with Crippen molar-refractivity contribution >= 4 is 42.8 Å². The van der Waals surface area contributed by atoms with Gasteiger partial charge in [-0.1, -0.05) is 18.2 Å². The van der Waals surface area contributed by atoms with E-state index >= 15 is 0 Å². The van der Waals surface area contributed by atoms with Crippen LogP contribution in [-0.2, 0) is 48.6 Å². The third kappa shape index (κ3) is 8.20. The maximum absolute atomic E-state index is 14.1. The van der Waals surface area contributed by atoms with Crippen LogP contribution in [0.1, 0.15) is 72.3 Å². The summed E-state index contributed by atoms with van der Waals surface area (Å²) >= 11 is 0. The molecule has 2 N–H and O–H groups in total. The highest BCUT2D eigenvalue weighted by Crippen LogP contribution is 2.62. The number of ether oxygens (including phenoxy) is 3. The Morgan fingerprint density at radius 1 is 1.07 bits per heavy atom. The molecule has 0 bridgehead atoms. The zero-order valence-corrected chi connectivity index (χ0v) is 26.7.